The van der Waals surface area contributed by atoms with Crippen LogP contribution in [0.15, 0.2) is 18.2 Å². The molecule has 5 nitrogen and oxygen atoms in total. The van der Waals surface area contributed by atoms with E-state index in [1.54, 1.807) is 0 Å². The van der Waals surface area contributed by atoms with Gasteiger partial charge in [0.15, 0.2) is 0 Å². The van der Waals surface area contributed by atoms with Gasteiger partial charge in [-0.05, 0) is 30.5 Å². The summed E-state index contributed by atoms with van der Waals surface area (Å²) in [7, 11) is 2.07. The van der Waals surface area contributed by atoms with Gasteiger partial charge in [-0.1, -0.05) is 6.07 Å². The van der Waals surface area contributed by atoms with Gasteiger partial charge in [-0.15, -0.1) is 0 Å². The van der Waals surface area contributed by atoms with Gasteiger partial charge in [0.2, 0.25) is 5.91 Å². The average molecular weight is 272 g/mol. The molecule has 3 rings (SSSR count). The maximum Gasteiger partial charge on any atom is 0.224 e. The largest absolute Gasteiger partial charge is 0.355 e. The SMILES string of the molecule is Cn1c(C2CC2)nc2cc(CC(=O)NCCN)ccc21. The van der Waals surface area contributed by atoms with Gasteiger partial charge in [-0.3, -0.25) is 4.79 Å². The van der Waals surface area contributed by atoms with Crippen LogP contribution in [0.2, 0.25) is 0 Å². The van der Waals surface area contributed by atoms with Gasteiger partial charge in [0.05, 0.1) is 17.5 Å². The number of aromatic nitrogens is 2. The third kappa shape index (κ3) is 2.54. The molecular weight excluding hydrogens is 252 g/mol. The van der Waals surface area contributed by atoms with Gasteiger partial charge in [-0.2, -0.15) is 0 Å². The van der Waals surface area contributed by atoms with Crippen molar-refractivity contribution >= 4 is 16.9 Å². The van der Waals surface area contributed by atoms with E-state index in [2.05, 4.69) is 23.0 Å². The number of aryl methyl sites for hydroxylation is 1. The van der Waals surface area contributed by atoms with Crippen molar-refractivity contribution in [2.75, 3.05) is 13.1 Å². The number of hydrogen-bond acceptors (Lipinski definition) is 3. The first-order chi connectivity index (χ1) is 9.69. The Bertz CT molecular complexity index is 643. The summed E-state index contributed by atoms with van der Waals surface area (Å²) in [5.41, 5.74) is 8.49. The molecule has 1 aliphatic carbocycles. The quantitative estimate of drug-likeness (QED) is 0.855. The second kappa shape index (κ2) is 5.25. The van der Waals surface area contributed by atoms with Crippen LogP contribution in [0.1, 0.15) is 30.1 Å². The van der Waals surface area contributed by atoms with E-state index >= 15 is 0 Å². The van der Waals surface area contributed by atoms with Crippen LogP contribution < -0.4 is 11.1 Å². The molecule has 0 atom stereocenters. The molecule has 1 aromatic carbocycles. The van der Waals surface area contributed by atoms with Crippen molar-refractivity contribution in [2.45, 2.75) is 25.2 Å². The molecule has 3 N–H and O–H groups in total. The minimum Gasteiger partial charge on any atom is -0.355 e. The lowest BCUT2D eigenvalue weighted by molar-refractivity contribution is -0.120. The number of carbonyl (C=O) groups is 1. The lowest BCUT2D eigenvalue weighted by atomic mass is 10.1. The lowest BCUT2D eigenvalue weighted by Crippen LogP contribution is -2.30. The number of fused-ring (bicyclic) bond motifs is 1. The van der Waals surface area contributed by atoms with Gasteiger partial charge in [0, 0.05) is 26.1 Å². The Morgan fingerprint density at radius 1 is 1.50 bits per heavy atom. The monoisotopic (exact) mass is 272 g/mol. The fourth-order valence-corrected chi connectivity index (χ4v) is 2.54. The van der Waals surface area contributed by atoms with Crippen LogP contribution in [0, 0.1) is 0 Å². The predicted octanol–water partition coefficient (Wildman–Crippen LogP) is 1.07. The van der Waals surface area contributed by atoms with Crippen LogP contribution in [-0.4, -0.2) is 28.5 Å². The fourth-order valence-electron chi connectivity index (χ4n) is 2.54. The second-order valence-corrected chi connectivity index (χ2v) is 5.44. The van der Waals surface area contributed by atoms with E-state index in [9.17, 15) is 4.79 Å². The van der Waals surface area contributed by atoms with Gasteiger partial charge in [0.1, 0.15) is 5.82 Å². The highest BCUT2D eigenvalue weighted by Crippen LogP contribution is 2.40. The zero-order chi connectivity index (χ0) is 14.1. The summed E-state index contributed by atoms with van der Waals surface area (Å²) in [5.74, 6) is 1.81. The molecule has 5 heteroatoms. The maximum atomic E-state index is 11.7. The van der Waals surface area contributed by atoms with Crippen LogP contribution in [-0.2, 0) is 18.3 Å². The highest BCUT2D eigenvalue weighted by Gasteiger charge is 2.28. The van der Waals surface area contributed by atoms with E-state index in [0.29, 0.717) is 25.4 Å². The molecule has 2 aromatic rings. The number of rotatable bonds is 5. The van der Waals surface area contributed by atoms with E-state index in [1.807, 2.05) is 12.1 Å². The number of benzene rings is 1. The first kappa shape index (κ1) is 13.1. The molecule has 1 heterocycles. The Morgan fingerprint density at radius 3 is 3.00 bits per heavy atom. The van der Waals surface area contributed by atoms with Crippen molar-refractivity contribution in [3.05, 3.63) is 29.6 Å². The van der Waals surface area contributed by atoms with Crippen LogP contribution in [0.25, 0.3) is 11.0 Å². The number of amides is 1. The molecule has 1 fully saturated rings. The summed E-state index contributed by atoms with van der Waals surface area (Å²) in [6.45, 7) is 0.992. The standard InChI is InChI=1S/C15H20N4O/c1-19-13-5-2-10(9-14(20)17-7-6-16)8-12(13)18-15(19)11-3-4-11/h2,5,8,11H,3-4,6-7,9,16H2,1H3,(H,17,20). The summed E-state index contributed by atoms with van der Waals surface area (Å²) in [5, 5.41) is 2.78. The molecular formula is C15H20N4O. The maximum absolute atomic E-state index is 11.7. The van der Waals surface area contributed by atoms with Gasteiger partial charge in [0.25, 0.3) is 0 Å². The van der Waals surface area contributed by atoms with Gasteiger partial charge in [-0.25, -0.2) is 4.98 Å². The van der Waals surface area contributed by atoms with Crippen molar-refractivity contribution in [3.8, 4) is 0 Å². The Kier molecular flexibility index (Phi) is 3.44. The van der Waals surface area contributed by atoms with Crippen molar-refractivity contribution in [2.24, 2.45) is 12.8 Å². The third-order valence-corrected chi connectivity index (χ3v) is 3.75. The van der Waals surface area contributed by atoms with Crippen LogP contribution in [0.4, 0.5) is 0 Å². The minimum atomic E-state index is 0.00754. The van der Waals surface area contributed by atoms with Gasteiger partial charge >= 0.3 is 0 Å². The summed E-state index contributed by atoms with van der Waals surface area (Å²) < 4.78 is 2.17. The average Bonchev–Trinajstić information content (AvgIpc) is 3.22. The Morgan fingerprint density at radius 2 is 2.30 bits per heavy atom. The molecule has 1 amide bonds. The molecule has 0 spiro atoms. The van der Waals surface area contributed by atoms with Crippen molar-refractivity contribution in [1.82, 2.24) is 14.9 Å². The van der Waals surface area contributed by atoms with E-state index in [1.165, 1.54) is 18.7 Å². The predicted molar refractivity (Wildman–Crippen MR) is 78.5 cm³/mol. The second-order valence-electron chi connectivity index (χ2n) is 5.44. The highest BCUT2D eigenvalue weighted by molar-refractivity contribution is 5.82. The normalized spacial score (nSPS) is 14.7. The van der Waals surface area contributed by atoms with E-state index in [4.69, 9.17) is 10.7 Å². The zero-order valence-electron chi connectivity index (χ0n) is 11.7. The summed E-state index contributed by atoms with van der Waals surface area (Å²) >= 11 is 0. The van der Waals surface area contributed by atoms with E-state index < -0.39 is 0 Å². The molecule has 0 aliphatic heterocycles. The summed E-state index contributed by atoms with van der Waals surface area (Å²) in [6, 6.07) is 6.08. The number of carbonyl (C=O) groups excluding carboxylic acids is 1. The first-order valence-corrected chi connectivity index (χ1v) is 7.11. The molecule has 0 unspecified atom stereocenters. The summed E-state index contributed by atoms with van der Waals surface area (Å²) in [4.78, 5) is 16.4. The molecule has 1 saturated carbocycles. The van der Waals surface area contributed by atoms with E-state index in [0.717, 1.165) is 16.6 Å². The smallest absolute Gasteiger partial charge is 0.224 e. The number of hydrogen-bond donors (Lipinski definition) is 2. The molecule has 0 radical (unpaired) electrons. The number of nitrogens with two attached hydrogens (primary N) is 1. The number of nitrogens with one attached hydrogen (secondary N) is 1. The Hall–Kier alpha value is -1.88. The molecule has 0 saturated heterocycles. The highest BCUT2D eigenvalue weighted by atomic mass is 16.1. The zero-order valence-corrected chi connectivity index (χ0v) is 11.7. The molecule has 1 aromatic heterocycles. The van der Waals surface area contributed by atoms with Crippen molar-refractivity contribution in [1.29, 1.82) is 0 Å². The molecule has 106 valence electrons. The number of nitrogens with zero attached hydrogens (tertiary/aromatic N) is 2. The molecule has 1 aliphatic rings. The van der Waals surface area contributed by atoms with Gasteiger partial charge < -0.3 is 15.6 Å². The molecule has 20 heavy (non-hydrogen) atoms. The summed E-state index contributed by atoms with van der Waals surface area (Å²) in [6.07, 6.45) is 2.86. The van der Waals surface area contributed by atoms with Crippen LogP contribution in [0.3, 0.4) is 0 Å². The van der Waals surface area contributed by atoms with Crippen molar-refractivity contribution < 1.29 is 4.79 Å². The topological polar surface area (TPSA) is 72.9 Å². The van der Waals surface area contributed by atoms with Crippen LogP contribution in [0.5, 0.6) is 0 Å². The Labute approximate surface area is 118 Å². The minimum absolute atomic E-state index is 0.00754. The Balaban J connectivity index is 1.81. The fraction of sp³-hybridized carbons (Fsp3) is 0.467. The number of imidazole rings is 1. The third-order valence-electron chi connectivity index (χ3n) is 3.75. The lowest BCUT2D eigenvalue weighted by Gasteiger charge is -2.04. The first-order valence-electron chi connectivity index (χ1n) is 7.11. The molecule has 0 bridgehead atoms. The van der Waals surface area contributed by atoms with Crippen LogP contribution >= 0.6 is 0 Å². The van der Waals surface area contributed by atoms with E-state index in [-0.39, 0.29) is 5.91 Å². The van der Waals surface area contributed by atoms with Crippen molar-refractivity contribution in [3.63, 3.8) is 0 Å².